The van der Waals surface area contributed by atoms with Crippen LogP contribution in [0.3, 0.4) is 0 Å². The summed E-state index contributed by atoms with van der Waals surface area (Å²) in [5.74, 6) is -0.138. The lowest BCUT2D eigenvalue weighted by molar-refractivity contribution is -0.145. The number of hydrogen-bond donors (Lipinski definition) is 3. The SMILES string of the molecule is CC(C)(C)NC(=O)NCC1CCC2CN(C3CCC(=O)NC3=O)C(=O)C2C1. The molecule has 3 aliphatic rings. The van der Waals surface area contributed by atoms with Gasteiger partial charge in [-0.1, -0.05) is 0 Å². The Bertz CT molecular complexity index is 642. The molecule has 5 amide bonds. The van der Waals surface area contributed by atoms with Gasteiger partial charge in [-0.05, 0) is 58.3 Å². The summed E-state index contributed by atoms with van der Waals surface area (Å²) in [6.07, 6.45) is 3.32. The van der Waals surface area contributed by atoms with Gasteiger partial charge in [0.1, 0.15) is 6.04 Å². The van der Waals surface area contributed by atoms with Crippen molar-refractivity contribution in [1.29, 1.82) is 0 Å². The van der Waals surface area contributed by atoms with E-state index in [2.05, 4.69) is 16.0 Å². The molecule has 0 radical (unpaired) electrons. The van der Waals surface area contributed by atoms with Crippen molar-refractivity contribution in [2.75, 3.05) is 13.1 Å². The summed E-state index contributed by atoms with van der Waals surface area (Å²) in [6.45, 7) is 6.94. The maximum atomic E-state index is 12.9. The first-order chi connectivity index (χ1) is 12.6. The Morgan fingerprint density at radius 2 is 1.93 bits per heavy atom. The van der Waals surface area contributed by atoms with Crippen LogP contribution in [-0.2, 0) is 14.4 Å². The minimum atomic E-state index is -0.519. The molecule has 3 N–H and O–H groups in total. The highest BCUT2D eigenvalue weighted by molar-refractivity contribution is 6.02. The van der Waals surface area contributed by atoms with Crippen LogP contribution in [0.25, 0.3) is 0 Å². The molecule has 0 aromatic carbocycles. The van der Waals surface area contributed by atoms with E-state index in [1.54, 1.807) is 4.90 Å². The van der Waals surface area contributed by atoms with E-state index in [-0.39, 0.29) is 53.5 Å². The van der Waals surface area contributed by atoms with Crippen LogP contribution in [0.15, 0.2) is 0 Å². The summed E-state index contributed by atoms with van der Waals surface area (Å²) in [4.78, 5) is 50.0. The van der Waals surface area contributed by atoms with Gasteiger partial charge in [0.05, 0.1) is 0 Å². The Morgan fingerprint density at radius 1 is 1.19 bits per heavy atom. The Morgan fingerprint density at radius 3 is 2.59 bits per heavy atom. The van der Waals surface area contributed by atoms with Crippen LogP contribution in [-0.4, -0.2) is 53.3 Å². The molecule has 0 bridgehead atoms. The minimum Gasteiger partial charge on any atom is -0.338 e. The molecule has 3 fully saturated rings. The van der Waals surface area contributed by atoms with Crippen molar-refractivity contribution in [3.63, 3.8) is 0 Å². The van der Waals surface area contributed by atoms with Crippen LogP contribution in [0.5, 0.6) is 0 Å². The number of likely N-dealkylation sites (tertiary alicyclic amines) is 1. The Balaban J connectivity index is 1.54. The van der Waals surface area contributed by atoms with E-state index in [4.69, 9.17) is 0 Å². The van der Waals surface area contributed by atoms with Crippen LogP contribution < -0.4 is 16.0 Å². The number of hydrogen-bond acceptors (Lipinski definition) is 4. The van der Waals surface area contributed by atoms with Crippen LogP contribution in [0.2, 0.25) is 0 Å². The normalized spacial score (nSPS) is 31.4. The molecule has 3 rings (SSSR count). The second-order valence-electron chi connectivity index (χ2n) is 9.09. The van der Waals surface area contributed by atoms with Gasteiger partial charge in [0.2, 0.25) is 17.7 Å². The lowest BCUT2D eigenvalue weighted by Gasteiger charge is -2.30. The maximum Gasteiger partial charge on any atom is 0.315 e. The molecule has 0 aromatic rings. The molecule has 4 atom stereocenters. The van der Waals surface area contributed by atoms with Crippen LogP contribution in [0.4, 0.5) is 4.79 Å². The molecule has 1 aliphatic carbocycles. The van der Waals surface area contributed by atoms with Crippen molar-refractivity contribution in [3.05, 3.63) is 0 Å². The van der Waals surface area contributed by atoms with Gasteiger partial charge in [0.25, 0.3) is 0 Å². The fourth-order valence-electron chi connectivity index (χ4n) is 4.46. The third-order valence-corrected chi connectivity index (χ3v) is 5.76. The quantitative estimate of drug-likeness (QED) is 0.630. The second kappa shape index (κ2) is 7.48. The number of amides is 5. The molecule has 2 saturated heterocycles. The van der Waals surface area contributed by atoms with Crippen LogP contribution >= 0.6 is 0 Å². The summed E-state index contributed by atoms with van der Waals surface area (Å²) in [5, 5.41) is 8.13. The van der Waals surface area contributed by atoms with Gasteiger partial charge in [0.15, 0.2) is 0 Å². The standard InChI is InChI=1S/C19H30N4O4/c1-19(2,3)22-18(27)20-9-11-4-5-12-10-23(17(26)13(12)8-11)14-6-7-15(24)21-16(14)25/h11-14H,4-10H2,1-3H3,(H2,20,22,27)(H,21,24,25). The molecule has 150 valence electrons. The number of nitrogens with one attached hydrogen (secondary N) is 3. The van der Waals surface area contributed by atoms with E-state index < -0.39 is 6.04 Å². The molecular formula is C19H30N4O4. The molecule has 4 unspecified atom stereocenters. The number of rotatable bonds is 3. The third-order valence-electron chi connectivity index (χ3n) is 5.76. The van der Waals surface area contributed by atoms with Gasteiger partial charge in [-0.2, -0.15) is 0 Å². The first-order valence-electron chi connectivity index (χ1n) is 9.84. The van der Waals surface area contributed by atoms with E-state index in [0.717, 1.165) is 19.3 Å². The highest BCUT2D eigenvalue weighted by atomic mass is 16.2. The summed E-state index contributed by atoms with van der Waals surface area (Å²) in [7, 11) is 0. The van der Waals surface area contributed by atoms with Crippen molar-refractivity contribution < 1.29 is 19.2 Å². The molecule has 8 heteroatoms. The van der Waals surface area contributed by atoms with Gasteiger partial charge in [-0.15, -0.1) is 0 Å². The lowest BCUT2D eigenvalue weighted by Crippen LogP contribution is -2.53. The molecule has 1 saturated carbocycles. The maximum absolute atomic E-state index is 12.9. The summed E-state index contributed by atoms with van der Waals surface area (Å²) in [5.41, 5.74) is -0.286. The van der Waals surface area contributed by atoms with Crippen molar-refractivity contribution >= 4 is 23.8 Å². The molecule has 27 heavy (non-hydrogen) atoms. The fourth-order valence-corrected chi connectivity index (χ4v) is 4.46. The largest absolute Gasteiger partial charge is 0.338 e. The number of piperidine rings is 1. The zero-order valence-corrected chi connectivity index (χ0v) is 16.3. The van der Waals surface area contributed by atoms with Crippen LogP contribution in [0, 0.1) is 17.8 Å². The predicted octanol–water partition coefficient (Wildman–Crippen LogP) is 0.764. The molecule has 2 heterocycles. The van der Waals surface area contributed by atoms with Gasteiger partial charge in [0, 0.05) is 31.0 Å². The van der Waals surface area contributed by atoms with Gasteiger partial charge in [-0.25, -0.2) is 4.79 Å². The van der Waals surface area contributed by atoms with Crippen molar-refractivity contribution in [3.8, 4) is 0 Å². The van der Waals surface area contributed by atoms with Gasteiger partial charge in [-0.3, -0.25) is 19.7 Å². The first-order valence-corrected chi connectivity index (χ1v) is 9.84. The number of imide groups is 1. The topological polar surface area (TPSA) is 108 Å². The summed E-state index contributed by atoms with van der Waals surface area (Å²) >= 11 is 0. The smallest absolute Gasteiger partial charge is 0.315 e. The second-order valence-corrected chi connectivity index (χ2v) is 9.09. The van der Waals surface area contributed by atoms with E-state index in [0.29, 0.717) is 19.5 Å². The molecule has 8 nitrogen and oxygen atoms in total. The Hall–Kier alpha value is -2.12. The molecule has 0 spiro atoms. The van der Waals surface area contributed by atoms with E-state index in [9.17, 15) is 19.2 Å². The molecule has 0 aromatic heterocycles. The molecular weight excluding hydrogens is 348 g/mol. The monoisotopic (exact) mass is 378 g/mol. The van der Waals surface area contributed by atoms with E-state index >= 15 is 0 Å². The number of fused-ring (bicyclic) bond motifs is 1. The highest BCUT2D eigenvalue weighted by Crippen LogP contribution is 2.41. The van der Waals surface area contributed by atoms with Crippen LogP contribution in [0.1, 0.15) is 52.9 Å². The van der Waals surface area contributed by atoms with E-state index in [1.165, 1.54) is 0 Å². The van der Waals surface area contributed by atoms with Crippen molar-refractivity contribution in [2.45, 2.75) is 64.5 Å². The summed E-state index contributed by atoms with van der Waals surface area (Å²) < 4.78 is 0. The lowest BCUT2D eigenvalue weighted by atomic mass is 9.75. The molecule has 2 aliphatic heterocycles. The number of nitrogens with zero attached hydrogens (tertiary/aromatic N) is 1. The highest BCUT2D eigenvalue weighted by Gasteiger charge is 2.48. The van der Waals surface area contributed by atoms with Crippen molar-refractivity contribution in [2.24, 2.45) is 17.8 Å². The van der Waals surface area contributed by atoms with Gasteiger partial charge >= 0.3 is 6.03 Å². The van der Waals surface area contributed by atoms with Crippen molar-refractivity contribution in [1.82, 2.24) is 20.9 Å². The Labute approximate surface area is 159 Å². The Kier molecular flexibility index (Phi) is 5.44. The summed E-state index contributed by atoms with van der Waals surface area (Å²) in [6, 6.07) is -0.706. The zero-order valence-electron chi connectivity index (χ0n) is 16.3. The predicted molar refractivity (Wildman–Crippen MR) is 98.5 cm³/mol. The zero-order chi connectivity index (χ0) is 19.8. The first kappa shape index (κ1) is 19.6. The number of carbonyl (C=O) groups is 4. The third kappa shape index (κ3) is 4.59. The fraction of sp³-hybridized carbons (Fsp3) is 0.789. The average Bonchev–Trinajstić information content (AvgIpc) is 2.88. The van der Waals surface area contributed by atoms with Gasteiger partial charge < -0.3 is 15.5 Å². The minimum absolute atomic E-state index is 0.0262. The number of urea groups is 1. The number of carbonyl (C=O) groups excluding carboxylic acids is 4. The van der Waals surface area contributed by atoms with E-state index in [1.807, 2.05) is 20.8 Å². The average molecular weight is 378 g/mol.